The van der Waals surface area contributed by atoms with Crippen molar-refractivity contribution in [2.45, 2.75) is 13.1 Å². The van der Waals surface area contributed by atoms with Gasteiger partial charge in [-0.15, -0.1) is 0 Å². The zero-order chi connectivity index (χ0) is 14.9. The first-order valence-corrected chi connectivity index (χ1v) is 6.49. The fourth-order valence-corrected chi connectivity index (χ4v) is 2.09. The molecule has 0 bridgehead atoms. The molecule has 0 aliphatic heterocycles. The average Bonchev–Trinajstić information content (AvgIpc) is 2.31. The molecule has 0 unspecified atom stereocenters. The number of halogens is 5. The van der Waals surface area contributed by atoms with Gasteiger partial charge in [0.15, 0.2) is 16.6 Å². The minimum Gasteiger partial charge on any atom is -0.452 e. The summed E-state index contributed by atoms with van der Waals surface area (Å²) in [5.74, 6) is -0.494. The summed E-state index contributed by atoms with van der Waals surface area (Å²) >= 11 is 8.94. The van der Waals surface area contributed by atoms with Crippen LogP contribution >= 0.6 is 27.5 Å². The van der Waals surface area contributed by atoms with Gasteiger partial charge >= 0.3 is 6.18 Å². The molecule has 0 aliphatic rings. The maximum Gasteiger partial charge on any atom is 0.437 e. The van der Waals surface area contributed by atoms with E-state index in [0.29, 0.717) is 4.47 Å². The molecule has 1 aromatic carbocycles. The first-order chi connectivity index (χ1) is 9.27. The third-order valence-electron chi connectivity index (χ3n) is 2.22. The van der Waals surface area contributed by atoms with Crippen LogP contribution < -0.4 is 4.74 Å². The van der Waals surface area contributed by atoms with Crippen molar-refractivity contribution in [2.24, 2.45) is 0 Å². The minimum absolute atomic E-state index is 0.0797. The Morgan fingerprint density at radius 2 is 1.95 bits per heavy atom. The highest BCUT2D eigenvalue weighted by molar-refractivity contribution is 9.10. The van der Waals surface area contributed by atoms with Gasteiger partial charge in [-0.3, -0.25) is 0 Å². The molecule has 20 heavy (non-hydrogen) atoms. The van der Waals surface area contributed by atoms with Gasteiger partial charge in [0.2, 0.25) is 0 Å². The SMILES string of the molecule is Cc1nc(Cl)c(Oc2cccc(Br)c2)c(C(F)(F)F)n1. The Morgan fingerprint density at radius 1 is 1.25 bits per heavy atom. The van der Waals surface area contributed by atoms with E-state index in [2.05, 4.69) is 25.9 Å². The molecule has 2 rings (SSSR count). The highest BCUT2D eigenvalue weighted by Crippen LogP contribution is 2.40. The van der Waals surface area contributed by atoms with Crippen LogP contribution in [0.2, 0.25) is 5.15 Å². The van der Waals surface area contributed by atoms with Crippen molar-refractivity contribution in [3.05, 3.63) is 45.4 Å². The fraction of sp³-hybridized carbons (Fsp3) is 0.167. The topological polar surface area (TPSA) is 35.0 Å². The van der Waals surface area contributed by atoms with Crippen LogP contribution in [0.1, 0.15) is 11.5 Å². The van der Waals surface area contributed by atoms with E-state index in [1.807, 2.05) is 0 Å². The highest BCUT2D eigenvalue weighted by Gasteiger charge is 2.38. The second kappa shape index (κ2) is 5.57. The van der Waals surface area contributed by atoms with Crippen LogP contribution in [0.5, 0.6) is 11.5 Å². The van der Waals surface area contributed by atoms with Crippen LogP contribution in [0, 0.1) is 6.92 Å². The number of aryl methyl sites for hydroxylation is 1. The van der Waals surface area contributed by atoms with E-state index in [9.17, 15) is 13.2 Å². The molecule has 0 radical (unpaired) electrons. The van der Waals surface area contributed by atoms with Crippen molar-refractivity contribution in [1.82, 2.24) is 9.97 Å². The molecule has 0 N–H and O–H groups in total. The maximum atomic E-state index is 13.0. The molecule has 8 heteroatoms. The van der Waals surface area contributed by atoms with Crippen LogP contribution in [0.3, 0.4) is 0 Å². The van der Waals surface area contributed by atoms with E-state index in [1.165, 1.54) is 19.1 Å². The third kappa shape index (κ3) is 3.40. The van der Waals surface area contributed by atoms with Crippen molar-refractivity contribution >= 4 is 27.5 Å². The summed E-state index contributed by atoms with van der Waals surface area (Å²) in [5.41, 5.74) is -1.20. The maximum absolute atomic E-state index is 13.0. The number of alkyl halides is 3. The number of nitrogens with zero attached hydrogens (tertiary/aromatic N) is 2. The number of aromatic nitrogens is 2. The largest absolute Gasteiger partial charge is 0.452 e. The first-order valence-electron chi connectivity index (χ1n) is 5.32. The Bertz CT molecular complexity index is 649. The Labute approximate surface area is 125 Å². The first kappa shape index (κ1) is 15.1. The van der Waals surface area contributed by atoms with Crippen LogP contribution in [0.25, 0.3) is 0 Å². The highest BCUT2D eigenvalue weighted by atomic mass is 79.9. The summed E-state index contributed by atoms with van der Waals surface area (Å²) in [6.45, 7) is 1.32. The standard InChI is InChI=1S/C12H7BrClF3N2O/c1-6-18-10(12(15,16)17)9(11(14)19-6)20-8-4-2-3-7(13)5-8/h2-5H,1H3. The Kier molecular flexibility index (Phi) is 4.19. The van der Waals surface area contributed by atoms with Gasteiger partial charge in [-0.2, -0.15) is 13.2 Å². The van der Waals surface area contributed by atoms with Gasteiger partial charge in [0.05, 0.1) is 0 Å². The van der Waals surface area contributed by atoms with Crippen LogP contribution in [0.15, 0.2) is 28.7 Å². The Morgan fingerprint density at radius 3 is 2.55 bits per heavy atom. The molecule has 1 heterocycles. The predicted octanol–water partition coefficient (Wildman–Crippen LogP) is 5.01. The second-order valence-electron chi connectivity index (χ2n) is 3.80. The zero-order valence-corrected chi connectivity index (χ0v) is 12.3. The van der Waals surface area contributed by atoms with Gasteiger partial charge < -0.3 is 4.74 Å². The monoisotopic (exact) mass is 366 g/mol. The zero-order valence-electron chi connectivity index (χ0n) is 10.0. The molecule has 0 spiro atoms. The van der Waals surface area contributed by atoms with Gasteiger partial charge in [0, 0.05) is 4.47 Å². The average molecular weight is 368 g/mol. The molecule has 0 saturated heterocycles. The third-order valence-corrected chi connectivity index (χ3v) is 2.97. The van der Waals surface area contributed by atoms with Crippen molar-refractivity contribution < 1.29 is 17.9 Å². The number of rotatable bonds is 2. The van der Waals surface area contributed by atoms with E-state index in [0.717, 1.165) is 0 Å². The molecule has 0 atom stereocenters. The van der Waals surface area contributed by atoms with E-state index < -0.39 is 17.6 Å². The van der Waals surface area contributed by atoms with Crippen LogP contribution in [0.4, 0.5) is 13.2 Å². The van der Waals surface area contributed by atoms with E-state index in [1.54, 1.807) is 12.1 Å². The molecule has 2 aromatic rings. The van der Waals surface area contributed by atoms with E-state index in [-0.39, 0.29) is 16.7 Å². The predicted molar refractivity (Wildman–Crippen MR) is 71.0 cm³/mol. The van der Waals surface area contributed by atoms with Gasteiger partial charge in [-0.25, -0.2) is 9.97 Å². The van der Waals surface area contributed by atoms with Crippen LogP contribution in [-0.2, 0) is 6.18 Å². The molecule has 0 aliphatic carbocycles. The van der Waals surface area contributed by atoms with Gasteiger partial charge in [-0.1, -0.05) is 33.6 Å². The van der Waals surface area contributed by atoms with Crippen molar-refractivity contribution in [3.8, 4) is 11.5 Å². The Hall–Kier alpha value is -1.34. The lowest BCUT2D eigenvalue weighted by Gasteiger charge is -2.14. The van der Waals surface area contributed by atoms with E-state index in [4.69, 9.17) is 16.3 Å². The molecule has 106 valence electrons. The fourth-order valence-electron chi connectivity index (χ4n) is 1.46. The quantitative estimate of drug-likeness (QED) is 0.700. The van der Waals surface area contributed by atoms with Crippen molar-refractivity contribution in [3.63, 3.8) is 0 Å². The smallest absolute Gasteiger partial charge is 0.437 e. The number of ether oxygens (including phenoxy) is 1. The molecule has 0 fully saturated rings. The summed E-state index contributed by atoms with van der Waals surface area (Å²) in [7, 11) is 0. The van der Waals surface area contributed by atoms with Crippen LogP contribution in [-0.4, -0.2) is 9.97 Å². The molecular weight excluding hydrogens is 360 g/mol. The molecule has 0 amide bonds. The minimum atomic E-state index is -4.68. The normalized spacial score (nSPS) is 11.5. The number of benzene rings is 1. The molecular formula is C12H7BrClF3N2O. The summed E-state index contributed by atoms with van der Waals surface area (Å²) in [6.07, 6.45) is -4.68. The summed E-state index contributed by atoms with van der Waals surface area (Å²) in [5, 5.41) is -0.384. The second-order valence-corrected chi connectivity index (χ2v) is 5.07. The lowest BCUT2D eigenvalue weighted by Crippen LogP contribution is -2.12. The van der Waals surface area contributed by atoms with Gasteiger partial charge in [0.1, 0.15) is 11.6 Å². The lowest BCUT2D eigenvalue weighted by atomic mass is 10.3. The summed E-state index contributed by atoms with van der Waals surface area (Å²) < 4.78 is 44.7. The van der Waals surface area contributed by atoms with Gasteiger partial charge in [-0.05, 0) is 25.1 Å². The Balaban J connectivity index is 2.50. The van der Waals surface area contributed by atoms with Crippen molar-refractivity contribution in [1.29, 1.82) is 0 Å². The molecule has 1 aromatic heterocycles. The van der Waals surface area contributed by atoms with E-state index >= 15 is 0 Å². The number of hydrogen-bond donors (Lipinski definition) is 0. The summed E-state index contributed by atoms with van der Waals surface area (Å²) in [4.78, 5) is 7.05. The van der Waals surface area contributed by atoms with Gasteiger partial charge in [0.25, 0.3) is 0 Å². The number of hydrogen-bond acceptors (Lipinski definition) is 3. The molecule has 0 saturated carbocycles. The molecule has 3 nitrogen and oxygen atoms in total. The van der Waals surface area contributed by atoms with Crippen molar-refractivity contribution in [2.75, 3.05) is 0 Å². The lowest BCUT2D eigenvalue weighted by molar-refractivity contribution is -0.142. The summed E-state index contributed by atoms with van der Waals surface area (Å²) in [6, 6.07) is 6.35.